The van der Waals surface area contributed by atoms with Crippen molar-refractivity contribution in [2.24, 2.45) is 0 Å². The number of hydrogen-bond donors (Lipinski definition) is 0. The number of pyridine rings is 1. The lowest BCUT2D eigenvalue weighted by molar-refractivity contribution is 0.111. The summed E-state index contributed by atoms with van der Waals surface area (Å²) in [5, 5.41) is 0.849. The van der Waals surface area contributed by atoms with Crippen molar-refractivity contribution in [1.29, 1.82) is 0 Å². The fourth-order valence-electron chi connectivity index (χ4n) is 2.29. The standard InChI is InChI=1S/C17H15NO3/c1-11-8-14-12(2)18-17(15(9-19)16(14)21-11)20-10-13-6-4-3-5-7-13/h3-9H,10H2,1-2H3. The molecule has 0 unspecified atom stereocenters. The number of nitrogens with zero attached hydrogens (tertiary/aromatic N) is 1. The molecule has 0 bridgehead atoms. The molecular weight excluding hydrogens is 266 g/mol. The van der Waals surface area contributed by atoms with Crippen LogP contribution in [-0.2, 0) is 6.61 Å². The van der Waals surface area contributed by atoms with E-state index in [1.54, 1.807) is 0 Å². The lowest BCUT2D eigenvalue weighted by Crippen LogP contribution is -2.02. The van der Waals surface area contributed by atoms with Crippen LogP contribution in [0.1, 0.15) is 27.4 Å². The minimum Gasteiger partial charge on any atom is -0.472 e. The highest BCUT2D eigenvalue weighted by atomic mass is 16.5. The SMILES string of the molecule is Cc1cc2c(C)nc(OCc3ccccc3)c(C=O)c2o1. The van der Waals surface area contributed by atoms with Gasteiger partial charge in [0.05, 0.1) is 5.69 Å². The summed E-state index contributed by atoms with van der Waals surface area (Å²) in [7, 11) is 0. The highest BCUT2D eigenvalue weighted by molar-refractivity contribution is 5.97. The van der Waals surface area contributed by atoms with Crippen LogP contribution in [0, 0.1) is 13.8 Å². The average molecular weight is 281 g/mol. The second kappa shape index (κ2) is 5.40. The van der Waals surface area contributed by atoms with Crippen molar-refractivity contribution in [3.05, 3.63) is 59.0 Å². The smallest absolute Gasteiger partial charge is 0.228 e. The number of carbonyl (C=O) groups excluding carboxylic acids is 1. The van der Waals surface area contributed by atoms with Crippen LogP contribution in [0.2, 0.25) is 0 Å². The van der Waals surface area contributed by atoms with E-state index in [1.165, 1.54) is 0 Å². The van der Waals surface area contributed by atoms with Crippen LogP contribution in [0.5, 0.6) is 5.88 Å². The number of ether oxygens (including phenoxy) is 1. The van der Waals surface area contributed by atoms with Gasteiger partial charge in [0, 0.05) is 5.39 Å². The molecule has 0 aliphatic rings. The zero-order chi connectivity index (χ0) is 14.8. The largest absolute Gasteiger partial charge is 0.472 e. The van der Waals surface area contributed by atoms with E-state index in [1.807, 2.05) is 50.2 Å². The van der Waals surface area contributed by atoms with E-state index >= 15 is 0 Å². The van der Waals surface area contributed by atoms with Gasteiger partial charge in [0.15, 0.2) is 11.9 Å². The molecular formula is C17H15NO3. The Bertz CT molecular complexity index is 791. The quantitative estimate of drug-likeness (QED) is 0.682. The van der Waals surface area contributed by atoms with E-state index in [-0.39, 0.29) is 0 Å². The first-order chi connectivity index (χ1) is 10.2. The minimum absolute atomic E-state index is 0.313. The van der Waals surface area contributed by atoms with Crippen molar-refractivity contribution < 1.29 is 13.9 Å². The molecule has 21 heavy (non-hydrogen) atoms. The molecule has 3 aromatic rings. The number of aldehydes is 1. The molecule has 0 saturated heterocycles. The third kappa shape index (κ3) is 2.52. The molecule has 106 valence electrons. The molecule has 1 aromatic carbocycles. The maximum Gasteiger partial charge on any atom is 0.228 e. The molecule has 0 fully saturated rings. The molecule has 0 amide bonds. The van der Waals surface area contributed by atoms with Gasteiger partial charge in [-0.15, -0.1) is 0 Å². The molecule has 2 aromatic heterocycles. The Labute approximate surface area is 122 Å². The zero-order valence-corrected chi connectivity index (χ0v) is 11.9. The van der Waals surface area contributed by atoms with Gasteiger partial charge < -0.3 is 9.15 Å². The Balaban J connectivity index is 2.00. The summed E-state index contributed by atoms with van der Waals surface area (Å²) in [6.07, 6.45) is 0.734. The predicted octanol–water partition coefficient (Wildman–Crippen LogP) is 3.84. The summed E-state index contributed by atoms with van der Waals surface area (Å²) in [5.41, 5.74) is 2.71. The van der Waals surface area contributed by atoms with Crippen molar-refractivity contribution in [2.45, 2.75) is 20.5 Å². The summed E-state index contributed by atoms with van der Waals surface area (Å²) in [4.78, 5) is 15.8. The first-order valence-corrected chi connectivity index (χ1v) is 6.71. The third-order valence-corrected chi connectivity index (χ3v) is 3.33. The normalized spacial score (nSPS) is 10.8. The van der Waals surface area contributed by atoms with Gasteiger partial charge in [-0.25, -0.2) is 4.98 Å². The van der Waals surface area contributed by atoms with E-state index in [4.69, 9.17) is 9.15 Å². The van der Waals surface area contributed by atoms with Crippen molar-refractivity contribution in [2.75, 3.05) is 0 Å². The summed E-state index contributed by atoms with van der Waals surface area (Å²) in [6, 6.07) is 11.6. The van der Waals surface area contributed by atoms with Gasteiger partial charge in [0.25, 0.3) is 0 Å². The van der Waals surface area contributed by atoms with E-state index < -0.39 is 0 Å². The lowest BCUT2D eigenvalue weighted by atomic mass is 10.2. The van der Waals surface area contributed by atoms with Crippen LogP contribution >= 0.6 is 0 Å². The second-order valence-electron chi connectivity index (χ2n) is 4.91. The van der Waals surface area contributed by atoms with Crippen LogP contribution in [0.15, 0.2) is 40.8 Å². The monoisotopic (exact) mass is 281 g/mol. The molecule has 0 atom stereocenters. The summed E-state index contributed by atoms with van der Waals surface area (Å²) >= 11 is 0. The van der Waals surface area contributed by atoms with Gasteiger partial charge in [0.2, 0.25) is 5.88 Å². The zero-order valence-electron chi connectivity index (χ0n) is 11.9. The number of carbonyl (C=O) groups is 1. The molecule has 2 heterocycles. The molecule has 0 aliphatic carbocycles. The minimum atomic E-state index is 0.313. The van der Waals surface area contributed by atoms with Gasteiger partial charge in [-0.05, 0) is 25.5 Å². The molecule has 4 nitrogen and oxygen atoms in total. The summed E-state index contributed by atoms with van der Waals surface area (Å²) in [6.45, 7) is 4.08. The number of aryl methyl sites for hydroxylation is 2. The fourth-order valence-corrected chi connectivity index (χ4v) is 2.29. The first-order valence-electron chi connectivity index (χ1n) is 6.71. The molecule has 0 saturated carbocycles. The van der Waals surface area contributed by atoms with Crippen LogP contribution in [0.3, 0.4) is 0 Å². The Morgan fingerprint density at radius 1 is 1.24 bits per heavy atom. The average Bonchev–Trinajstić information content (AvgIpc) is 2.88. The molecule has 0 spiro atoms. The number of furan rings is 1. The number of hydrogen-bond acceptors (Lipinski definition) is 4. The second-order valence-corrected chi connectivity index (χ2v) is 4.91. The Morgan fingerprint density at radius 3 is 2.71 bits per heavy atom. The molecule has 3 rings (SSSR count). The van der Waals surface area contributed by atoms with Gasteiger partial charge >= 0.3 is 0 Å². The van der Waals surface area contributed by atoms with Crippen molar-refractivity contribution >= 4 is 17.3 Å². The topological polar surface area (TPSA) is 52.3 Å². The molecule has 4 heteroatoms. The van der Waals surface area contributed by atoms with Crippen LogP contribution in [-0.4, -0.2) is 11.3 Å². The number of rotatable bonds is 4. The van der Waals surface area contributed by atoms with Gasteiger partial charge in [0.1, 0.15) is 17.9 Å². The first kappa shape index (κ1) is 13.4. The third-order valence-electron chi connectivity index (χ3n) is 3.33. The lowest BCUT2D eigenvalue weighted by Gasteiger charge is -2.09. The number of fused-ring (bicyclic) bond motifs is 1. The highest BCUT2D eigenvalue weighted by Gasteiger charge is 2.16. The number of benzene rings is 1. The van der Waals surface area contributed by atoms with Crippen molar-refractivity contribution in [3.63, 3.8) is 0 Å². The highest BCUT2D eigenvalue weighted by Crippen LogP contribution is 2.30. The van der Waals surface area contributed by atoms with Gasteiger partial charge in [-0.2, -0.15) is 0 Å². The van der Waals surface area contributed by atoms with Gasteiger partial charge in [-0.3, -0.25) is 4.79 Å². The van der Waals surface area contributed by atoms with E-state index in [2.05, 4.69) is 4.98 Å². The van der Waals surface area contributed by atoms with Crippen LogP contribution < -0.4 is 4.74 Å². The number of aromatic nitrogens is 1. The van der Waals surface area contributed by atoms with E-state index in [0.29, 0.717) is 23.6 Å². The summed E-state index contributed by atoms with van der Waals surface area (Å²) in [5.74, 6) is 1.06. The molecule has 0 aliphatic heterocycles. The Kier molecular flexibility index (Phi) is 3.44. The summed E-state index contributed by atoms with van der Waals surface area (Å²) < 4.78 is 11.3. The van der Waals surface area contributed by atoms with E-state index in [0.717, 1.165) is 28.7 Å². The fraction of sp³-hybridized carbons (Fsp3) is 0.176. The maximum atomic E-state index is 11.4. The Morgan fingerprint density at radius 2 is 2.00 bits per heavy atom. The Hall–Kier alpha value is -2.62. The van der Waals surface area contributed by atoms with Crippen molar-refractivity contribution in [1.82, 2.24) is 4.98 Å². The maximum absolute atomic E-state index is 11.4. The van der Waals surface area contributed by atoms with Crippen LogP contribution in [0.4, 0.5) is 0 Å². The van der Waals surface area contributed by atoms with Gasteiger partial charge in [-0.1, -0.05) is 30.3 Å². The molecule has 0 radical (unpaired) electrons. The molecule has 0 N–H and O–H groups in total. The van der Waals surface area contributed by atoms with Crippen molar-refractivity contribution in [3.8, 4) is 5.88 Å². The van der Waals surface area contributed by atoms with E-state index in [9.17, 15) is 4.79 Å². The predicted molar refractivity (Wildman–Crippen MR) is 79.6 cm³/mol. The van der Waals surface area contributed by atoms with Crippen LogP contribution in [0.25, 0.3) is 11.0 Å².